The first-order valence-electron chi connectivity index (χ1n) is 21.4. The minimum Gasteiger partial charge on any atom is -0.374 e. The second-order valence-electron chi connectivity index (χ2n) is 19.1. The zero-order valence-corrected chi connectivity index (χ0v) is 28.8. The van der Waals surface area contributed by atoms with E-state index in [2.05, 4.69) is 4.90 Å². The summed E-state index contributed by atoms with van der Waals surface area (Å²) >= 11 is 0. The fraction of sp³-hybridized carbons (Fsp3) is 1.00. The molecule has 0 N–H and O–H groups in total. The van der Waals surface area contributed by atoms with Crippen molar-refractivity contribution in [3.05, 3.63) is 0 Å². The second kappa shape index (κ2) is 12.3. The summed E-state index contributed by atoms with van der Waals surface area (Å²) in [4.78, 5) is 3.32. The van der Waals surface area contributed by atoms with Gasteiger partial charge in [-0.2, -0.15) is 0 Å². The predicted octanol–water partition coefficient (Wildman–Crippen LogP) is 9.95. The molecule has 0 radical (unpaired) electrons. The first-order valence-corrected chi connectivity index (χ1v) is 21.4. The highest BCUT2D eigenvalue weighted by Gasteiger charge is 2.63. The fourth-order valence-corrected chi connectivity index (χ4v) is 15.7. The van der Waals surface area contributed by atoms with Crippen LogP contribution in [-0.2, 0) is 9.47 Å². The molecule has 0 aromatic rings. The van der Waals surface area contributed by atoms with Gasteiger partial charge >= 0.3 is 0 Å². The lowest BCUT2D eigenvalue weighted by Crippen LogP contribution is -2.55. The van der Waals surface area contributed by atoms with Crippen LogP contribution in [0, 0.1) is 59.2 Å². The van der Waals surface area contributed by atoms with E-state index in [4.69, 9.17) is 9.47 Å². The lowest BCUT2D eigenvalue weighted by molar-refractivity contribution is -0.0950. The molecule has 45 heavy (non-hydrogen) atoms. The minimum absolute atomic E-state index is 0.517. The third-order valence-electron chi connectivity index (χ3n) is 17.5. The Morgan fingerprint density at radius 2 is 0.933 bits per heavy atom. The van der Waals surface area contributed by atoms with E-state index in [1.807, 2.05) is 0 Å². The molecule has 7 saturated carbocycles. The highest BCUT2D eigenvalue weighted by molar-refractivity contribution is 5.13. The summed E-state index contributed by atoms with van der Waals surface area (Å²) in [5.74, 6) is 9.43. The number of likely N-dealkylation sites (tertiary alicyclic amines) is 1. The van der Waals surface area contributed by atoms with Crippen LogP contribution >= 0.6 is 0 Å². The summed E-state index contributed by atoms with van der Waals surface area (Å²) in [5.41, 5.74) is 0. The van der Waals surface area contributed by atoms with Crippen molar-refractivity contribution in [2.45, 2.75) is 203 Å². The molecule has 0 amide bonds. The Labute approximate surface area is 276 Å². The molecule has 10 fully saturated rings. The maximum Gasteiger partial charge on any atom is 0.0766 e. The molecule has 10 aliphatic rings. The molecule has 0 aromatic carbocycles. The Hall–Kier alpha value is -0.120. The number of ether oxygens (including phenoxy) is 2. The van der Waals surface area contributed by atoms with E-state index < -0.39 is 0 Å². The molecule has 15 unspecified atom stereocenters. The zero-order chi connectivity index (χ0) is 29.5. The van der Waals surface area contributed by atoms with E-state index in [9.17, 15) is 0 Å². The van der Waals surface area contributed by atoms with Gasteiger partial charge in [0.15, 0.2) is 0 Å². The number of fused-ring (bicyclic) bond motifs is 10. The highest BCUT2D eigenvalue weighted by Crippen LogP contribution is 2.60. The van der Waals surface area contributed by atoms with Gasteiger partial charge in [-0.3, -0.25) is 4.90 Å². The largest absolute Gasteiger partial charge is 0.374 e. The molecule has 3 heteroatoms. The quantitative estimate of drug-likeness (QED) is 0.315. The Kier molecular flexibility index (Phi) is 8.16. The van der Waals surface area contributed by atoms with Crippen molar-refractivity contribution in [2.75, 3.05) is 0 Å². The third kappa shape index (κ3) is 5.02. The first-order chi connectivity index (χ1) is 22.3. The predicted molar refractivity (Wildman–Crippen MR) is 181 cm³/mol. The van der Waals surface area contributed by atoms with Gasteiger partial charge < -0.3 is 9.47 Å². The molecule has 7 aliphatic carbocycles. The van der Waals surface area contributed by atoms with E-state index in [1.54, 1.807) is 51.4 Å². The van der Waals surface area contributed by atoms with Gasteiger partial charge in [0.05, 0.1) is 24.4 Å². The molecule has 252 valence electrons. The lowest BCUT2D eigenvalue weighted by Gasteiger charge is -2.48. The molecule has 3 nitrogen and oxygen atoms in total. The van der Waals surface area contributed by atoms with Crippen LogP contribution < -0.4 is 0 Å². The van der Waals surface area contributed by atoms with Crippen molar-refractivity contribution in [1.29, 1.82) is 0 Å². The number of nitrogens with zero attached hydrogens (tertiary/aromatic N) is 1. The van der Waals surface area contributed by atoms with Crippen molar-refractivity contribution in [3.63, 3.8) is 0 Å². The minimum atomic E-state index is 0.517. The van der Waals surface area contributed by atoms with Gasteiger partial charge in [-0.25, -0.2) is 0 Å². The summed E-state index contributed by atoms with van der Waals surface area (Å²) < 4.78 is 14.5. The zero-order valence-electron chi connectivity index (χ0n) is 28.8. The van der Waals surface area contributed by atoms with Gasteiger partial charge in [0.2, 0.25) is 0 Å². The van der Waals surface area contributed by atoms with Gasteiger partial charge in [0.1, 0.15) is 0 Å². The van der Waals surface area contributed by atoms with E-state index in [0.29, 0.717) is 24.4 Å². The van der Waals surface area contributed by atoms with Crippen molar-refractivity contribution in [2.24, 2.45) is 59.2 Å². The second-order valence-corrected chi connectivity index (χ2v) is 19.1. The van der Waals surface area contributed by atoms with Crippen LogP contribution in [0.4, 0.5) is 0 Å². The van der Waals surface area contributed by atoms with Crippen LogP contribution in [0.3, 0.4) is 0 Å². The normalized spacial score (nSPS) is 54.0. The van der Waals surface area contributed by atoms with Crippen molar-refractivity contribution in [1.82, 2.24) is 4.90 Å². The van der Waals surface area contributed by atoms with Crippen LogP contribution in [0.25, 0.3) is 0 Å². The maximum atomic E-state index is 7.63. The molecular weight excluding hydrogens is 550 g/mol. The summed E-state index contributed by atoms with van der Waals surface area (Å²) in [7, 11) is 0. The third-order valence-corrected chi connectivity index (χ3v) is 17.5. The van der Waals surface area contributed by atoms with Crippen molar-refractivity contribution < 1.29 is 9.47 Å². The maximum absolute atomic E-state index is 7.63. The number of hydrogen-bond acceptors (Lipinski definition) is 3. The highest BCUT2D eigenvalue weighted by atomic mass is 16.5. The topological polar surface area (TPSA) is 21.7 Å². The molecule has 0 spiro atoms. The van der Waals surface area contributed by atoms with E-state index in [0.717, 1.165) is 77.3 Å². The molecular formula is C42H67NO2. The van der Waals surface area contributed by atoms with Gasteiger partial charge in [-0.15, -0.1) is 0 Å². The van der Waals surface area contributed by atoms with Gasteiger partial charge in [0, 0.05) is 24.0 Å². The van der Waals surface area contributed by atoms with Gasteiger partial charge in [-0.1, -0.05) is 83.5 Å². The summed E-state index contributed by atoms with van der Waals surface area (Å²) in [6.07, 6.45) is 39.5. The summed E-state index contributed by atoms with van der Waals surface area (Å²) in [6.45, 7) is 0. The molecule has 3 heterocycles. The van der Waals surface area contributed by atoms with E-state index >= 15 is 0 Å². The standard InChI is InChI=1S/C42H67NO2/c1-3-10-26(11-4-1)28-18-21-35-33(24-28)34-25-29(27-12-5-2-6-13-27)19-22-36(34)43(35)37-16-9-15-30-31-20-23-39-40(42(31)45-41(30)37)32-14-7-8-17-38(32)44-39/h26-42H,1-25H2. The Morgan fingerprint density at radius 1 is 0.333 bits per heavy atom. The van der Waals surface area contributed by atoms with Crippen molar-refractivity contribution in [3.8, 4) is 0 Å². The number of hydrogen-bond donors (Lipinski definition) is 0. The monoisotopic (exact) mass is 618 g/mol. The van der Waals surface area contributed by atoms with Crippen LogP contribution in [-0.4, -0.2) is 47.4 Å². The fourth-order valence-electron chi connectivity index (χ4n) is 15.7. The number of rotatable bonds is 3. The van der Waals surface area contributed by atoms with Crippen molar-refractivity contribution >= 4 is 0 Å². The lowest BCUT2D eigenvalue weighted by atomic mass is 9.62. The molecule has 3 aliphatic heterocycles. The summed E-state index contributed by atoms with van der Waals surface area (Å²) in [5, 5.41) is 0. The molecule has 0 bridgehead atoms. The van der Waals surface area contributed by atoms with Crippen LogP contribution in [0.5, 0.6) is 0 Å². The van der Waals surface area contributed by atoms with E-state index in [1.165, 1.54) is 109 Å². The van der Waals surface area contributed by atoms with Crippen LogP contribution in [0.2, 0.25) is 0 Å². The molecule has 15 atom stereocenters. The SMILES string of the molecule is C1CCC(C2CCC3C(C2)C2CC(C4CCCCC4)CCC2N3C2CCCC3C4CCC5OC6CCCCC6C5C4OC32)CC1. The smallest absolute Gasteiger partial charge is 0.0766 e. The molecule has 0 aromatic heterocycles. The van der Waals surface area contributed by atoms with Gasteiger partial charge in [-0.05, 0) is 130 Å². The Morgan fingerprint density at radius 3 is 1.62 bits per heavy atom. The first kappa shape index (κ1) is 29.8. The summed E-state index contributed by atoms with van der Waals surface area (Å²) in [6, 6.07) is 2.48. The molecule has 3 saturated heterocycles. The Balaban J connectivity index is 0.926. The Bertz CT molecular complexity index is 992. The van der Waals surface area contributed by atoms with Crippen LogP contribution in [0.15, 0.2) is 0 Å². The molecule has 10 rings (SSSR count). The average Bonchev–Trinajstić information content (AvgIpc) is 3.78. The van der Waals surface area contributed by atoms with Gasteiger partial charge in [0.25, 0.3) is 0 Å². The average molecular weight is 618 g/mol. The van der Waals surface area contributed by atoms with Crippen LogP contribution in [0.1, 0.15) is 161 Å². The van der Waals surface area contributed by atoms with E-state index in [-0.39, 0.29) is 0 Å².